The number of carbonyl (C=O) groups excluding carboxylic acids is 6. The molecule has 0 spiro atoms. The van der Waals surface area contributed by atoms with E-state index in [1.807, 2.05) is 24.3 Å². The zero-order chi connectivity index (χ0) is 33.4. The fourth-order valence-electron chi connectivity index (χ4n) is 6.39. The van der Waals surface area contributed by atoms with Crippen LogP contribution in [0.5, 0.6) is 0 Å². The van der Waals surface area contributed by atoms with E-state index in [9.17, 15) is 28.8 Å². The van der Waals surface area contributed by atoms with Crippen LogP contribution in [0.3, 0.4) is 0 Å². The normalized spacial score (nSPS) is 19.2. The van der Waals surface area contributed by atoms with Crippen LogP contribution in [0, 0.1) is 11.8 Å². The van der Waals surface area contributed by atoms with Gasteiger partial charge < -0.3 is 30.9 Å². The van der Waals surface area contributed by atoms with E-state index >= 15 is 0 Å². The minimum Gasteiger partial charge on any atom is -0.459 e. The molecule has 1 aliphatic heterocycles. The smallest absolute Gasteiger partial charge is 0.325 e. The molecule has 46 heavy (non-hydrogen) atoms. The molecule has 1 aromatic carbocycles. The molecular formula is C34H47N5O7. The molecule has 12 heteroatoms. The molecule has 0 bridgehead atoms. The number of Topliss-reactive ketones (excluding diaryl/α,β-unsaturated/α-hetero) is 1. The molecule has 0 radical (unpaired) electrons. The number of nitrogens with zero attached hydrogens (tertiary/aromatic N) is 1. The standard InChI is InChI=1S/C34H47N5O7/c1-5-15-35-31(43)29(41)25(17-21-10-8-11-21)37-30(42)26-14-9-16-39(26)32(44)28(24-18-22-12-6-7-13-23(22)19-24)38-33(45)36-20-27(40)46-34(2,3)4/h5-7,12-13,21,24-26,28H,1,8-11,14-20H2,2-4H3,(H,35,43)(H,37,42)(H2,36,38,45). The summed E-state index contributed by atoms with van der Waals surface area (Å²) in [7, 11) is 0. The van der Waals surface area contributed by atoms with E-state index in [0.29, 0.717) is 38.6 Å². The molecule has 0 aromatic heterocycles. The zero-order valence-corrected chi connectivity index (χ0v) is 27.1. The second-order valence-corrected chi connectivity index (χ2v) is 13.5. The maximum atomic E-state index is 14.2. The number of likely N-dealkylation sites (tertiary alicyclic amines) is 1. The van der Waals surface area contributed by atoms with Crippen LogP contribution < -0.4 is 21.3 Å². The lowest BCUT2D eigenvalue weighted by Gasteiger charge is -2.33. The molecule has 1 saturated carbocycles. The molecule has 3 atom stereocenters. The van der Waals surface area contributed by atoms with Gasteiger partial charge in [-0.3, -0.25) is 24.0 Å². The van der Waals surface area contributed by atoms with Gasteiger partial charge >= 0.3 is 12.0 Å². The second-order valence-electron chi connectivity index (χ2n) is 13.5. The van der Waals surface area contributed by atoms with Gasteiger partial charge in [0.25, 0.3) is 5.91 Å². The van der Waals surface area contributed by atoms with E-state index in [-0.39, 0.29) is 24.9 Å². The van der Waals surface area contributed by atoms with Gasteiger partial charge in [-0.2, -0.15) is 0 Å². The molecule has 2 fully saturated rings. The van der Waals surface area contributed by atoms with Crippen molar-refractivity contribution in [2.45, 2.75) is 95.9 Å². The van der Waals surface area contributed by atoms with E-state index in [0.717, 1.165) is 30.4 Å². The van der Waals surface area contributed by atoms with Gasteiger partial charge in [0.05, 0.1) is 6.04 Å². The van der Waals surface area contributed by atoms with Crippen LogP contribution >= 0.6 is 0 Å². The summed E-state index contributed by atoms with van der Waals surface area (Å²) in [5.41, 5.74) is 1.46. The molecule has 250 valence electrons. The summed E-state index contributed by atoms with van der Waals surface area (Å²) in [5, 5.41) is 10.6. The summed E-state index contributed by atoms with van der Waals surface area (Å²) >= 11 is 0. The number of benzene rings is 1. The van der Waals surface area contributed by atoms with Gasteiger partial charge in [-0.25, -0.2) is 4.79 Å². The van der Waals surface area contributed by atoms with Gasteiger partial charge in [0.2, 0.25) is 17.6 Å². The average Bonchev–Trinajstić information content (AvgIpc) is 3.65. The highest BCUT2D eigenvalue weighted by molar-refractivity contribution is 6.38. The number of ether oxygens (including phenoxy) is 1. The molecule has 1 saturated heterocycles. The fourth-order valence-corrected chi connectivity index (χ4v) is 6.39. The third-order valence-corrected chi connectivity index (χ3v) is 8.82. The Hall–Kier alpha value is -4.22. The van der Waals surface area contributed by atoms with Crippen molar-refractivity contribution in [2.24, 2.45) is 11.8 Å². The van der Waals surface area contributed by atoms with Crippen LogP contribution in [0.25, 0.3) is 0 Å². The topological polar surface area (TPSA) is 163 Å². The van der Waals surface area contributed by atoms with Crippen molar-refractivity contribution in [1.29, 1.82) is 0 Å². The zero-order valence-electron chi connectivity index (χ0n) is 27.1. The molecule has 1 aromatic rings. The molecule has 12 nitrogen and oxygen atoms in total. The Bertz CT molecular complexity index is 1310. The number of carbonyl (C=O) groups is 6. The lowest BCUT2D eigenvalue weighted by molar-refractivity contribution is -0.153. The van der Waals surface area contributed by atoms with Gasteiger partial charge in [-0.05, 0) is 75.8 Å². The molecule has 3 aliphatic rings. The lowest BCUT2D eigenvalue weighted by atomic mass is 9.80. The Balaban J connectivity index is 1.48. The number of amides is 5. The number of esters is 1. The molecule has 3 unspecified atom stereocenters. The Morgan fingerprint density at radius 1 is 0.978 bits per heavy atom. The van der Waals surface area contributed by atoms with E-state index in [4.69, 9.17) is 4.74 Å². The monoisotopic (exact) mass is 637 g/mol. The first-order valence-corrected chi connectivity index (χ1v) is 16.2. The molecule has 4 N–H and O–H groups in total. The molecule has 5 amide bonds. The third kappa shape index (κ3) is 9.17. The van der Waals surface area contributed by atoms with Crippen LogP contribution in [0.4, 0.5) is 4.79 Å². The largest absolute Gasteiger partial charge is 0.459 e. The summed E-state index contributed by atoms with van der Waals surface area (Å²) in [5.74, 6) is -3.06. The summed E-state index contributed by atoms with van der Waals surface area (Å²) in [6.45, 7) is 8.78. The van der Waals surface area contributed by atoms with E-state index in [1.54, 1.807) is 20.8 Å². The van der Waals surface area contributed by atoms with Crippen LogP contribution in [0.2, 0.25) is 0 Å². The van der Waals surface area contributed by atoms with Crippen LogP contribution in [0.1, 0.15) is 70.4 Å². The highest BCUT2D eigenvalue weighted by Crippen LogP contribution is 2.32. The Morgan fingerprint density at radius 3 is 2.24 bits per heavy atom. The van der Waals surface area contributed by atoms with Crippen molar-refractivity contribution in [3.63, 3.8) is 0 Å². The van der Waals surface area contributed by atoms with Crippen molar-refractivity contribution < 1.29 is 33.5 Å². The van der Waals surface area contributed by atoms with Crippen molar-refractivity contribution in [1.82, 2.24) is 26.2 Å². The number of urea groups is 1. The first-order chi connectivity index (χ1) is 21.9. The van der Waals surface area contributed by atoms with E-state index in [1.165, 1.54) is 11.0 Å². The SMILES string of the molecule is C=CCNC(=O)C(=O)C(CC1CCC1)NC(=O)C1CCCN1C(=O)C(NC(=O)NCC(=O)OC(C)(C)C)C1Cc2ccccc2C1. The molecule has 4 rings (SSSR count). The number of ketones is 1. The third-order valence-electron chi connectivity index (χ3n) is 8.82. The van der Waals surface area contributed by atoms with Crippen molar-refractivity contribution in [3.05, 3.63) is 48.0 Å². The van der Waals surface area contributed by atoms with Crippen molar-refractivity contribution >= 4 is 35.5 Å². The van der Waals surface area contributed by atoms with Gasteiger partial charge in [0, 0.05) is 13.1 Å². The number of fused-ring (bicyclic) bond motifs is 1. The van der Waals surface area contributed by atoms with E-state index in [2.05, 4.69) is 27.8 Å². The highest BCUT2D eigenvalue weighted by atomic mass is 16.6. The summed E-state index contributed by atoms with van der Waals surface area (Å²) in [4.78, 5) is 80.1. The number of rotatable bonds is 13. The lowest BCUT2D eigenvalue weighted by Crippen LogP contribution is -2.59. The van der Waals surface area contributed by atoms with Gasteiger partial charge in [-0.1, -0.05) is 49.6 Å². The predicted molar refractivity (Wildman–Crippen MR) is 170 cm³/mol. The maximum absolute atomic E-state index is 14.2. The van der Waals surface area contributed by atoms with E-state index < -0.39 is 59.2 Å². The van der Waals surface area contributed by atoms with Crippen molar-refractivity contribution in [3.8, 4) is 0 Å². The van der Waals surface area contributed by atoms with Gasteiger partial charge in [0.15, 0.2) is 0 Å². The molecule has 1 heterocycles. The Morgan fingerprint density at radius 2 is 1.65 bits per heavy atom. The van der Waals surface area contributed by atoms with Gasteiger partial charge in [0.1, 0.15) is 24.2 Å². The summed E-state index contributed by atoms with van der Waals surface area (Å²) in [6.07, 6.45) is 6.78. The Labute approximate surface area is 270 Å². The predicted octanol–water partition coefficient (Wildman–Crippen LogP) is 1.95. The summed E-state index contributed by atoms with van der Waals surface area (Å²) < 4.78 is 5.27. The minimum absolute atomic E-state index is 0.129. The quantitative estimate of drug-likeness (QED) is 0.146. The maximum Gasteiger partial charge on any atom is 0.325 e. The first kappa shape index (κ1) is 34.6. The van der Waals surface area contributed by atoms with Crippen LogP contribution in [-0.2, 0) is 41.6 Å². The average molecular weight is 638 g/mol. The minimum atomic E-state index is -1.00. The van der Waals surface area contributed by atoms with Crippen LogP contribution in [-0.4, -0.2) is 83.8 Å². The second kappa shape index (κ2) is 15.4. The summed E-state index contributed by atoms with van der Waals surface area (Å²) in [6, 6.07) is 4.31. The van der Waals surface area contributed by atoms with Crippen molar-refractivity contribution in [2.75, 3.05) is 19.6 Å². The Kier molecular flexibility index (Phi) is 11.6. The fraction of sp³-hybridized carbons (Fsp3) is 0.588. The highest BCUT2D eigenvalue weighted by Gasteiger charge is 2.43. The first-order valence-electron chi connectivity index (χ1n) is 16.2. The molecular weight excluding hydrogens is 590 g/mol. The van der Waals surface area contributed by atoms with Gasteiger partial charge in [-0.15, -0.1) is 6.58 Å². The molecule has 2 aliphatic carbocycles. The van der Waals surface area contributed by atoms with Crippen LogP contribution in [0.15, 0.2) is 36.9 Å². The number of hydrogen-bond acceptors (Lipinski definition) is 7. The number of hydrogen-bond donors (Lipinski definition) is 4. The number of nitrogens with one attached hydrogen (secondary N) is 4.